The Hall–Kier alpha value is -1.06. The Morgan fingerprint density at radius 2 is 0.875 bits per heavy atom. The molecule has 0 unspecified atom stereocenters. The topological polar surface area (TPSA) is 0 Å². The van der Waals surface area contributed by atoms with Crippen LogP contribution >= 0.6 is 0 Å². The molecule has 5 heteroatoms. The normalized spacial score (nSPS) is 15.3. The number of allylic oxidation sites excluding steroid dienone is 4. The molecule has 0 saturated carbocycles. The van der Waals surface area contributed by atoms with Crippen molar-refractivity contribution >= 4 is 23.6 Å². The first-order valence-electron chi connectivity index (χ1n) is 13.6. The van der Waals surface area contributed by atoms with Crippen molar-refractivity contribution in [1.82, 2.24) is 0 Å². The minimum absolute atomic E-state index is 0. The maximum absolute atomic E-state index is 2.66. The molecule has 0 nitrogen and oxygen atoms in total. The van der Waals surface area contributed by atoms with Crippen molar-refractivity contribution in [3.05, 3.63) is 112 Å². The fourth-order valence-electron chi connectivity index (χ4n) is 6.24. The molecular formula is C35H43Cl3SiTi. The molecule has 3 aromatic rings. The fourth-order valence-corrected chi connectivity index (χ4v) is 14.8. The summed E-state index contributed by atoms with van der Waals surface area (Å²) in [6.45, 7) is 23.5. The molecule has 0 N–H and O–H groups in total. The number of hydrogen-bond acceptors (Lipinski definition) is 0. The molecule has 4 rings (SSSR count). The maximum Gasteiger partial charge on any atom is -1.00 e. The molecule has 212 valence electrons. The van der Waals surface area contributed by atoms with Crippen LogP contribution in [0.5, 0.6) is 0 Å². The Bertz CT molecular complexity index is 1310. The summed E-state index contributed by atoms with van der Waals surface area (Å²) in [5.74, 6) is 0. The maximum atomic E-state index is 2.56. The van der Waals surface area contributed by atoms with Crippen molar-refractivity contribution in [1.29, 1.82) is 0 Å². The number of rotatable bonds is 4. The van der Waals surface area contributed by atoms with Crippen LogP contribution in [0.15, 0.2) is 101 Å². The molecular weight excluding hydrogens is 603 g/mol. The molecule has 0 radical (unpaired) electrons. The van der Waals surface area contributed by atoms with Crippen LogP contribution in [0.1, 0.15) is 80.4 Å². The van der Waals surface area contributed by atoms with E-state index in [-0.39, 0.29) is 51.4 Å². The van der Waals surface area contributed by atoms with Gasteiger partial charge >= 0.3 is 240 Å². The molecule has 0 atom stereocenters. The monoisotopic (exact) mass is 644 g/mol. The van der Waals surface area contributed by atoms with Crippen LogP contribution in [-0.4, -0.2) is 8.07 Å². The zero-order chi connectivity index (χ0) is 27.4. The van der Waals surface area contributed by atoms with E-state index in [1.165, 1.54) is 49.0 Å². The first-order valence-corrected chi connectivity index (χ1v) is 16.3. The summed E-state index contributed by atoms with van der Waals surface area (Å²) < 4.78 is -0.0878. The van der Waals surface area contributed by atoms with E-state index in [1.54, 1.807) is 0 Å². The molecule has 0 aliphatic heterocycles. The Balaban J connectivity index is 0.00000267. The van der Waals surface area contributed by atoms with Crippen LogP contribution < -0.4 is 52.8 Å². The van der Waals surface area contributed by atoms with Gasteiger partial charge in [-0.3, -0.25) is 0 Å². The predicted molar refractivity (Wildman–Crippen MR) is 161 cm³/mol. The van der Waals surface area contributed by atoms with Crippen molar-refractivity contribution in [2.24, 2.45) is 0 Å². The van der Waals surface area contributed by atoms with Crippen molar-refractivity contribution in [2.45, 2.75) is 83.4 Å². The minimum Gasteiger partial charge on any atom is -1.00 e. The average molecular weight is 646 g/mol. The molecule has 0 saturated heterocycles. The second-order valence-electron chi connectivity index (χ2n) is 13.0. The van der Waals surface area contributed by atoms with E-state index in [2.05, 4.69) is 169 Å². The predicted octanol–water partition coefficient (Wildman–Crippen LogP) is -1.31. The van der Waals surface area contributed by atoms with Crippen LogP contribution in [-0.2, 0) is 31.3 Å². The van der Waals surface area contributed by atoms with E-state index in [1.807, 2.05) is 0 Å². The van der Waals surface area contributed by atoms with Crippen molar-refractivity contribution in [3.63, 3.8) is 0 Å². The first kappa shape index (κ1) is 37.0. The average Bonchev–Trinajstić information content (AvgIpc) is 3.00. The van der Waals surface area contributed by atoms with E-state index in [4.69, 9.17) is 0 Å². The van der Waals surface area contributed by atoms with Gasteiger partial charge in [-0.1, -0.05) is 0 Å². The van der Waals surface area contributed by atoms with Gasteiger partial charge in [-0.15, -0.1) is 0 Å². The second-order valence-corrected chi connectivity index (χ2v) is 19.0. The van der Waals surface area contributed by atoms with Gasteiger partial charge in [-0.25, -0.2) is 0 Å². The van der Waals surface area contributed by atoms with E-state index in [9.17, 15) is 0 Å². The second kappa shape index (κ2) is 13.1. The van der Waals surface area contributed by atoms with Crippen LogP contribution in [0.4, 0.5) is 0 Å². The van der Waals surface area contributed by atoms with E-state index in [0.717, 1.165) is 0 Å². The smallest absolute Gasteiger partial charge is 1.00 e. The molecule has 1 aliphatic rings. The molecule has 0 heterocycles. The van der Waals surface area contributed by atoms with E-state index >= 15 is 0 Å². The summed E-state index contributed by atoms with van der Waals surface area (Å²) in [7, 11) is -2.66. The van der Waals surface area contributed by atoms with Gasteiger partial charge in [0.15, 0.2) is 0 Å². The van der Waals surface area contributed by atoms with Gasteiger partial charge in [0.25, 0.3) is 0 Å². The summed E-state index contributed by atoms with van der Waals surface area (Å²) >= 11 is 2.56. The van der Waals surface area contributed by atoms with Crippen LogP contribution in [0, 0.1) is 0 Å². The fraction of sp³-hybridized carbons (Fsp3) is 0.371. The third kappa shape index (κ3) is 5.90. The Kier molecular flexibility index (Phi) is 12.1. The summed E-state index contributed by atoms with van der Waals surface area (Å²) in [5, 5.41) is 4.48. The van der Waals surface area contributed by atoms with Crippen LogP contribution in [0.25, 0.3) is 0 Å². The van der Waals surface area contributed by atoms with Crippen LogP contribution in [0.2, 0.25) is 3.34 Å². The van der Waals surface area contributed by atoms with Gasteiger partial charge in [-0.05, 0) is 0 Å². The van der Waals surface area contributed by atoms with Crippen LogP contribution in [0.3, 0.4) is 0 Å². The SMILES string of the molecule is CC1=C(C)[C]([Ti+3])([Si](c2ccccc2)(c2cccc(C(C)(C)C)c2)c2cccc(C(C)(C)C)c2)C(C)=C1C.[Cl-].[Cl-].[Cl-]. The minimum atomic E-state index is -2.66. The zero-order valence-corrected chi connectivity index (χ0v) is 30.5. The Labute approximate surface area is 275 Å². The summed E-state index contributed by atoms with van der Waals surface area (Å²) in [6.07, 6.45) is 0. The molecule has 1 aliphatic carbocycles. The summed E-state index contributed by atoms with van der Waals surface area (Å²) in [6, 6.07) is 30.7. The van der Waals surface area contributed by atoms with Gasteiger partial charge in [0.05, 0.1) is 0 Å². The summed E-state index contributed by atoms with van der Waals surface area (Å²) in [4.78, 5) is 0. The van der Waals surface area contributed by atoms with Gasteiger partial charge in [0.1, 0.15) is 0 Å². The zero-order valence-electron chi connectivity index (χ0n) is 25.6. The number of benzene rings is 3. The molecule has 3 aromatic carbocycles. The molecule has 40 heavy (non-hydrogen) atoms. The molecule has 0 amide bonds. The molecule has 0 aromatic heterocycles. The van der Waals surface area contributed by atoms with Crippen molar-refractivity contribution in [2.75, 3.05) is 0 Å². The van der Waals surface area contributed by atoms with Crippen molar-refractivity contribution < 1.29 is 57.7 Å². The molecule has 0 spiro atoms. The molecule has 0 fully saturated rings. The Morgan fingerprint density at radius 3 is 1.23 bits per heavy atom. The quantitative estimate of drug-likeness (QED) is 0.245. The standard InChI is InChI=1S/C35H43Si.3ClH.Ti/c1-24-25(2)27(4)33(26(24)3)36(30-18-12-11-13-19-30,31-20-14-16-28(22-31)34(5,6)7)32-21-15-17-29(23-32)35(8,9)10;;;;/h11-23H,1-10H3;3*1H;/q;;;;+3/p-3. The number of hydrogen-bond donors (Lipinski definition) is 0. The van der Waals surface area contributed by atoms with E-state index in [0.29, 0.717) is 0 Å². The number of halogens is 3. The molecule has 0 bridgehead atoms. The summed E-state index contributed by atoms with van der Waals surface area (Å²) in [5.41, 5.74) is 8.96. The first-order chi connectivity index (χ1) is 17.2. The Morgan fingerprint density at radius 1 is 0.525 bits per heavy atom. The van der Waals surface area contributed by atoms with Gasteiger partial charge in [0, 0.05) is 0 Å². The third-order valence-electron chi connectivity index (χ3n) is 8.91. The van der Waals surface area contributed by atoms with E-state index < -0.39 is 8.07 Å². The third-order valence-corrected chi connectivity index (χ3v) is 17.3. The van der Waals surface area contributed by atoms with Gasteiger partial charge in [0.2, 0.25) is 0 Å². The van der Waals surface area contributed by atoms with Gasteiger partial charge in [-0.2, -0.15) is 0 Å². The largest absolute Gasteiger partial charge is 1.00 e. The van der Waals surface area contributed by atoms with Gasteiger partial charge < -0.3 is 37.2 Å². The van der Waals surface area contributed by atoms with Crippen molar-refractivity contribution in [3.8, 4) is 0 Å².